The Hall–Kier alpha value is -0.460. The van der Waals surface area contributed by atoms with Crippen molar-refractivity contribution in [2.24, 2.45) is 17.1 Å². The Kier molecular flexibility index (Phi) is 4.36. The van der Waals surface area contributed by atoms with Crippen LogP contribution in [-0.2, 0) is 0 Å². The zero-order valence-electron chi connectivity index (χ0n) is 9.15. The maximum atomic E-state index is 5.60. The van der Waals surface area contributed by atoms with E-state index in [4.69, 9.17) is 5.73 Å². The minimum atomic E-state index is 0.234. The van der Waals surface area contributed by atoms with Gasteiger partial charge in [0.2, 0.25) is 0 Å². The van der Waals surface area contributed by atoms with Gasteiger partial charge < -0.3 is 5.73 Å². The van der Waals surface area contributed by atoms with Gasteiger partial charge in [-0.3, -0.25) is 0 Å². The minimum absolute atomic E-state index is 0.234. The van der Waals surface area contributed by atoms with E-state index in [9.17, 15) is 0 Å². The van der Waals surface area contributed by atoms with Crippen LogP contribution in [0.25, 0.3) is 0 Å². The van der Waals surface area contributed by atoms with E-state index in [2.05, 4.69) is 34.6 Å². The van der Waals surface area contributed by atoms with Crippen molar-refractivity contribution in [1.29, 1.82) is 0 Å². The molecule has 0 aromatic heterocycles. The van der Waals surface area contributed by atoms with Crippen molar-refractivity contribution >= 4 is 0 Å². The summed E-state index contributed by atoms with van der Waals surface area (Å²) in [7, 11) is 0. The Labute approximate surface area is 77.0 Å². The molecule has 1 heteroatoms. The van der Waals surface area contributed by atoms with Gasteiger partial charge in [-0.15, -0.1) is 0 Å². The average molecular weight is 169 g/mol. The second-order valence-electron chi connectivity index (χ2n) is 4.66. The van der Waals surface area contributed by atoms with Crippen LogP contribution >= 0.6 is 0 Å². The molecule has 2 N–H and O–H groups in total. The van der Waals surface area contributed by atoms with Gasteiger partial charge in [0.05, 0.1) is 0 Å². The topological polar surface area (TPSA) is 26.0 Å². The van der Waals surface area contributed by atoms with Gasteiger partial charge in [-0.1, -0.05) is 41.0 Å². The molecule has 1 unspecified atom stereocenters. The molecule has 0 aromatic carbocycles. The molecule has 0 aliphatic heterocycles. The predicted octanol–water partition coefficient (Wildman–Crippen LogP) is 3.31. The fourth-order valence-corrected chi connectivity index (χ4v) is 1.14. The Morgan fingerprint density at radius 3 is 2.17 bits per heavy atom. The van der Waals surface area contributed by atoms with E-state index < -0.39 is 0 Å². The molecule has 12 heavy (non-hydrogen) atoms. The largest absolute Gasteiger partial charge is 0.405 e. The lowest BCUT2D eigenvalue weighted by Crippen LogP contribution is -2.13. The molecular formula is C11H23N. The summed E-state index contributed by atoms with van der Waals surface area (Å²) in [4.78, 5) is 0. The minimum Gasteiger partial charge on any atom is -0.405 e. The van der Waals surface area contributed by atoms with E-state index in [1.165, 1.54) is 12.0 Å². The molecular weight excluding hydrogens is 146 g/mol. The first kappa shape index (κ1) is 11.5. The first-order valence-electron chi connectivity index (χ1n) is 4.83. The van der Waals surface area contributed by atoms with Crippen LogP contribution in [0, 0.1) is 11.3 Å². The van der Waals surface area contributed by atoms with E-state index in [1.807, 2.05) is 0 Å². The molecule has 0 amide bonds. The molecule has 0 saturated heterocycles. The Morgan fingerprint density at radius 1 is 1.42 bits per heavy atom. The molecule has 72 valence electrons. The molecule has 0 aliphatic rings. The monoisotopic (exact) mass is 169 g/mol. The van der Waals surface area contributed by atoms with Crippen molar-refractivity contribution in [2.75, 3.05) is 0 Å². The molecule has 0 fully saturated rings. The highest BCUT2D eigenvalue weighted by molar-refractivity contribution is 5.09. The summed E-state index contributed by atoms with van der Waals surface area (Å²) in [6.45, 7) is 11.1. The second kappa shape index (κ2) is 4.54. The van der Waals surface area contributed by atoms with Crippen molar-refractivity contribution < 1.29 is 0 Å². The SMILES string of the molecule is CCC(C)C/C(=C\N)C(C)(C)C. The summed E-state index contributed by atoms with van der Waals surface area (Å²) < 4.78 is 0. The van der Waals surface area contributed by atoms with Gasteiger partial charge in [-0.25, -0.2) is 0 Å². The molecule has 1 atom stereocenters. The third-order valence-electron chi connectivity index (χ3n) is 2.43. The van der Waals surface area contributed by atoms with Crippen molar-refractivity contribution in [3.05, 3.63) is 11.8 Å². The average Bonchev–Trinajstić information content (AvgIpc) is 1.97. The highest BCUT2D eigenvalue weighted by Crippen LogP contribution is 2.30. The summed E-state index contributed by atoms with van der Waals surface area (Å²) in [6, 6.07) is 0. The molecule has 0 heterocycles. The lowest BCUT2D eigenvalue weighted by atomic mass is 9.81. The van der Waals surface area contributed by atoms with Crippen LogP contribution < -0.4 is 5.73 Å². The lowest BCUT2D eigenvalue weighted by Gasteiger charge is -2.24. The zero-order valence-corrected chi connectivity index (χ0v) is 9.15. The fourth-order valence-electron chi connectivity index (χ4n) is 1.14. The molecule has 0 saturated carbocycles. The summed E-state index contributed by atoms with van der Waals surface area (Å²) in [5, 5.41) is 0. The molecule has 0 spiro atoms. The predicted molar refractivity (Wildman–Crippen MR) is 55.8 cm³/mol. The van der Waals surface area contributed by atoms with Crippen molar-refractivity contribution in [3.63, 3.8) is 0 Å². The van der Waals surface area contributed by atoms with E-state index in [1.54, 1.807) is 6.20 Å². The second-order valence-corrected chi connectivity index (χ2v) is 4.66. The normalized spacial score (nSPS) is 16.2. The highest BCUT2D eigenvalue weighted by Gasteiger charge is 2.17. The summed E-state index contributed by atoms with van der Waals surface area (Å²) in [5.41, 5.74) is 7.21. The van der Waals surface area contributed by atoms with Gasteiger partial charge in [0, 0.05) is 0 Å². The van der Waals surface area contributed by atoms with Crippen LogP contribution in [-0.4, -0.2) is 0 Å². The van der Waals surface area contributed by atoms with Crippen LogP contribution in [0.5, 0.6) is 0 Å². The van der Waals surface area contributed by atoms with Crippen LogP contribution in [0.2, 0.25) is 0 Å². The summed E-state index contributed by atoms with van der Waals surface area (Å²) in [5.74, 6) is 0.749. The smallest absolute Gasteiger partial charge is 0.00650 e. The standard InChI is InChI=1S/C11H23N/c1-6-9(2)7-10(8-12)11(3,4)5/h8-9H,6-7,12H2,1-5H3/b10-8+. The van der Waals surface area contributed by atoms with E-state index >= 15 is 0 Å². The molecule has 0 aromatic rings. The van der Waals surface area contributed by atoms with Gasteiger partial charge in [0.1, 0.15) is 0 Å². The summed E-state index contributed by atoms with van der Waals surface area (Å²) in [6.07, 6.45) is 4.15. The lowest BCUT2D eigenvalue weighted by molar-refractivity contribution is 0.435. The molecule has 0 radical (unpaired) electrons. The van der Waals surface area contributed by atoms with Crippen LogP contribution in [0.1, 0.15) is 47.5 Å². The molecule has 1 nitrogen and oxygen atoms in total. The number of hydrogen-bond donors (Lipinski definition) is 1. The van der Waals surface area contributed by atoms with Crippen molar-refractivity contribution in [3.8, 4) is 0 Å². The van der Waals surface area contributed by atoms with Gasteiger partial charge in [-0.2, -0.15) is 0 Å². The molecule has 0 bridgehead atoms. The Morgan fingerprint density at radius 2 is 1.92 bits per heavy atom. The maximum absolute atomic E-state index is 5.60. The number of hydrogen-bond acceptors (Lipinski definition) is 1. The van der Waals surface area contributed by atoms with E-state index in [0.29, 0.717) is 0 Å². The van der Waals surface area contributed by atoms with Gasteiger partial charge in [0.15, 0.2) is 0 Å². The number of rotatable bonds is 3. The third kappa shape index (κ3) is 3.80. The maximum Gasteiger partial charge on any atom is -0.00650 e. The Balaban J connectivity index is 4.22. The zero-order chi connectivity index (χ0) is 9.78. The van der Waals surface area contributed by atoms with Gasteiger partial charge in [0.25, 0.3) is 0 Å². The first-order valence-corrected chi connectivity index (χ1v) is 4.83. The third-order valence-corrected chi connectivity index (χ3v) is 2.43. The fraction of sp³-hybridized carbons (Fsp3) is 0.818. The van der Waals surface area contributed by atoms with Crippen molar-refractivity contribution in [1.82, 2.24) is 0 Å². The van der Waals surface area contributed by atoms with Crippen LogP contribution in [0.15, 0.2) is 11.8 Å². The summed E-state index contributed by atoms with van der Waals surface area (Å²) >= 11 is 0. The van der Waals surface area contributed by atoms with E-state index in [-0.39, 0.29) is 5.41 Å². The van der Waals surface area contributed by atoms with E-state index in [0.717, 1.165) is 12.3 Å². The Bertz CT molecular complexity index is 151. The van der Waals surface area contributed by atoms with Gasteiger partial charge >= 0.3 is 0 Å². The quantitative estimate of drug-likeness (QED) is 0.689. The first-order chi connectivity index (χ1) is 5.41. The van der Waals surface area contributed by atoms with Crippen molar-refractivity contribution in [2.45, 2.75) is 47.5 Å². The number of nitrogens with two attached hydrogens (primary N) is 1. The van der Waals surface area contributed by atoms with Crippen LogP contribution in [0.4, 0.5) is 0 Å². The molecule has 0 aliphatic carbocycles. The van der Waals surface area contributed by atoms with Gasteiger partial charge in [-0.05, 0) is 29.5 Å². The van der Waals surface area contributed by atoms with Crippen LogP contribution in [0.3, 0.4) is 0 Å². The number of allylic oxidation sites excluding steroid dienone is 1. The molecule has 0 rings (SSSR count). The highest BCUT2D eigenvalue weighted by atomic mass is 14.5.